The van der Waals surface area contributed by atoms with Crippen molar-refractivity contribution in [3.63, 3.8) is 0 Å². The molecule has 60 valence electrons. The van der Waals surface area contributed by atoms with Gasteiger partial charge in [0.1, 0.15) is 11.6 Å². The molecule has 0 amide bonds. The lowest BCUT2D eigenvalue weighted by Crippen LogP contribution is -2.19. The molecule has 1 aliphatic rings. The molecule has 0 aromatic carbocycles. The van der Waals surface area contributed by atoms with Gasteiger partial charge >= 0.3 is 0 Å². The van der Waals surface area contributed by atoms with Crippen LogP contribution < -0.4 is 10.6 Å². The molecule has 0 fully saturated rings. The summed E-state index contributed by atoms with van der Waals surface area (Å²) in [5, 5.41) is 4.14. The first-order chi connectivity index (χ1) is 5.31. The number of hydrogen-bond donors (Lipinski definition) is 1. The van der Waals surface area contributed by atoms with Crippen molar-refractivity contribution >= 4 is 11.6 Å². The van der Waals surface area contributed by atoms with E-state index in [0.717, 1.165) is 25.5 Å². The summed E-state index contributed by atoms with van der Waals surface area (Å²) in [6.45, 7) is 5.21. The number of nitrogens with two attached hydrogens (primary N) is 1. The second kappa shape index (κ2) is 2.15. The highest BCUT2D eigenvalue weighted by atomic mass is 15.4. The van der Waals surface area contributed by atoms with Crippen molar-refractivity contribution in [2.75, 3.05) is 23.7 Å². The standard InChI is InChI=1S/C7H12N4/c1-2-10-3-4-11-7(10)5-6(8)9-11/h5H,2-4H2,1H3,(H2,8,9). The summed E-state index contributed by atoms with van der Waals surface area (Å²) in [5.74, 6) is 1.78. The van der Waals surface area contributed by atoms with Crippen LogP contribution in [0.1, 0.15) is 6.92 Å². The fourth-order valence-corrected chi connectivity index (χ4v) is 1.50. The Morgan fingerprint density at radius 1 is 1.64 bits per heavy atom. The summed E-state index contributed by atoms with van der Waals surface area (Å²) < 4.78 is 1.96. The van der Waals surface area contributed by atoms with E-state index in [4.69, 9.17) is 5.73 Å². The Labute approximate surface area is 65.6 Å². The summed E-state index contributed by atoms with van der Waals surface area (Å²) >= 11 is 0. The van der Waals surface area contributed by atoms with Gasteiger partial charge in [0.05, 0.1) is 6.54 Å². The van der Waals surface area contributed by atoms with Crippen LogP contribution in [0.2, 0.25) is 0 Å². The molecule has 4 nitrogen and oxygen atoms in total. The normalized spacial score (nSPS) is 15.5. The number of nitrogens with zero attached hydrogens (tertiary/aromatic N) is 3. The Morgan fingerprint density at radius 3 is 3.18 bits per heavy atom. The minimum atomic E-state index is 0.623. The van der Waals surface area contributed by atoms with Gasteiger partial charge in [-0.2, -0.15) is 5.10 Å². The van der Waals surface area contributed by atoms with Crippen molar-refractivity contribution in [3.8, 4) is 0 Å². The average molecular weight is 152 g/mol. The van der Waals surface area contributed by atoms with Crippen molar-refractivity contribution < 1.29 is 0 Å². The Balaban J connectivity index is 2.37. The molecule has 2 rings (SSSR count). The summed E-state index contributed by atoms with van der Waals surface area (Å²) in [5.41, 5.74) is 5.55. The molecule has 0 aliphatic carbocycles. The lowest BCUT2D eigenvalue weighted by atomic mass is 10.5. The van der Waals surface area contributed by atoms with Crippen molar-refractivity contribution in [2.24, 2.45) is 0 Å². The minimum Gasteiger partial charge on any atom is -0.382 e. The van der Waals surface area contributed by atoms with E-state index in [1.807, 2.05) is 10.7 Å². The van der Waals surface area contributed by atoms with Gasteiger partial charge in [-0.1, -0.05) is 0 Å². The maximum Gasteiger partial charge on any atom is 0.147 e. The second-order valence-corrected chi connectivity index (χ2v) is 2.73. The third-order valence-corrected chi connectivity index (χ3v) is 2.07. The van der Waals surface area contributed by atoms with Crippen molar-refractivity contribution in [2.45, 2.75) is 13.5 Å². The lowest BCUT2D eigenvalue weighted by molar-refractivity contribution is 0.691. The van der Waals surface area contributed by atoms with Gasteiger partial charge in [0.2, 0.25) is 0 Å². The molecule has 2 heterocycles. The number of likely N-dealkylation sites (N-methyl/N-ethyl adjacent to an activating group) is 1. The van der Waals surface area contributed by atoms with Crippen LogP contribution in [-0.2, 0) is 6.54 Å². The van der Waals surface area contributed by atoms with E-state index in [9.17, 15) is 0 Å². The van der Waals surface area contributed by atoms with Crippen LogP contribution in [0.25, 0.3) is 0 Å². The Hall–Kier alpha value is -1.19. The van der Waals surface area contributed by atoms with Crippen LogP contribution in [0.3, 0.4) is 0 Å². The molecule has 4 heteroatoms. The molecule has 0 unspecified atom stereocenters. The maximum absolute atomic E-state index is 5.55. The Morgan fingerprint density at radius 2 is 2.45 bits per heavy atom. The average Bonchev–Trinajstić information content (AvgIpc) is 2.45. The molecule has 1 aromatic heterocycles. The predicted octanol–water partition coefficient (Wildman–Crippen LogP) is 0.305. The molecule has 0 spiro atoms. The minimum absolute atomic E-state index is 0.623. The number of rotatable bonds is 1. The molecule has 1 aliphatic heterocycles. The van der Waals surface area contributed by atoms with Crippen molar-refractivity contribution in [1.82, 2.24) is 9.78 Å². The number of fused-ring (bicyclic) bond motifs is 1. The smallest absolute Gasteiger partial charge is 0.147 e. The van der Waals surface area contributed by atoms with E-state index >= 15 is 0 Å². The molecule has 0 bridgehead atoms. The highest BCUT2D eigenvalue weighted by molar-refractivity contribution is 5.50. The van der Waals surface area contributed by atoms with E-state index in [1.54, 1.807) is 0 Å². The van der Waals surface area contributed by atoms with Gasteiger partial charge in [-0.15, -0.1) is 0 Å². The van der Waals surface area contributed by atoms with Gasteiger partial charge in [-0.3, -0.25) is 0 Å². The van der Waals surface area contributed by atoms with Gasteiger partial charge in [-0.25, -0.2) is 4.68 Å². The molecular formula is C7H12N4. The molecule has 1 aromatic rings. The zero-order valence-corrected chi connectivity index (χ0v) is 6.62. The van der Waals surface area contributed by atoms with E-state index < -0.39 is 0 Å². The van der Waals surface area contributed by atoms with E-state index in [2.05, 4.69) is 16.9 Å². The van der Waals surface area contributed by atoms with Crippen LogP contribution in [-0.4, -0.2) is 22.9 Å². The quantitative estimate of drug-likeness (QED) is 0.629. The Bertz CT molecular complexity index is 265. The van der Waals surface area contributed by atoms with Crippen molar-refractivity contribution in [1.29, 1.82) is 0 Å². The third kappa shape index (κ3) is 0.859. The Kier molecular flexibility index (Phi) is 1.27. The topological polar surface area (TPSA) is 47.1 Å². The highest BCUT2D eigenvalue weighted by Gasteiger charge is 2.18. The van der Waals surface area contributed by atoms with Crippen LogP contribution >= 0.6 is 0 Å². The van der Waals surface area contributed by atoms with Crippen molar-refractivity contribution in [3.05, 3.63) is 6.07 Å². The van der Waals surface area contributed by atoms with Gasteiger partial charge in [0.15, 0.2) is 0 Å². The zero-order chi connectivity index (χ0) is 7.84. The molecular weight excluding hydrogens is 140 g/mol. The second-order valence-electron chi connectivity index (χ2n) is 2.73. The highest BCUT2D eigenvalue weighted by Crippen LogP contribution is 2.22. The van der Waals surface area contributed by atoms with Gasteiger partial charge < -0.3 is 10.6 Å². The molecule has 2 N–H and O–H groups in total. The van der Waals surface area contributed by atoms with Crippen LogP contribution in [0.15, 0.2) is 6.07 Å². The largest absolute Gasteiger partial charge is 0.382 e. The third-order valence-electron chi connectivity index (χ3n) is 2.07. The van der Waals surface area contributed by atoms with Gasteiger partial charge in [0, 0.05) is 19.2 Å². The first kappa shape index (κ1) is 6.52. The van der Waals surface area contributed by atoms with Crippen LogP contribution in [0, 0.1) is 0 Å². The molecule has 0 atom stereocenters. The first-order valence-electron chi connectivity index (χ1n) is 3.89. The first-order valence-corrected chi connectivity index (χ1v) is 3.89. The van der Waals surface area contributed by atoms with E-state index in [-0.39, 0.29) is 0 Å². The summed E-state index contributed by atoms with van der Waals surface area (Å²) in [6.07, 6.45) is 0. The maximum atomic E-state index is 5.55. The molecule has 11 heavy (non-hydrogen) atoms. The molecule has 0 saturated carbocycles. The fourth-order valence-electron chi connectivity index (χ4n) is 1.50. The van der Waals surface area contributed by atoms with Gasteiger partial charge in [0.25, 0.3) is 0 Å². The summed E-state index contributed by atoms with van der Waals surface area (Å²) in [4.78, 5) is 2.27. The summed E-state index contributed by atoms with van der Waals surface area (Å²) in [6, 6.07) is 1.93. The lowest BCUT2D eigenvalue weighted by Gasteiger charge is -2.12. The number of anilines is 2. The SMILES string of the molecule is CCN1CCn2nc(N)cc21. The van der Waals surface area contributed by atoms with Gasteiger partial charge in [-0.05, 0) is 6.92 Å². The number of aromatic nitrogens is 2. The summed E-state index contributed by atoms with van der Waals surface area (Å²) in [7, 11) is 0. The number of nitrogen functional groups attached to an aromatic ring is 1. The van der Waals surface area contributed by atoms with E-state index in [0.29, 0.717) is 5.82 Å². The monoisotopic (exact) mass is 152 g/mol. The number of hydrogen-bond acceptors (Lipinski definition) is 3. The molecule has 0 saturated heterocycles. The predicted molar refractivity (Wildman–Crippen MR) is 44.5 cm³/mol. The zero-order valence-electron chi connectivity index (χ0n) is 6.62. The van der Waals surface area contributed by atoms with Crippen LogP contribution in [0.4, 0.5) is 11.6 Å². The molecule has 0 radical (unpaired) electrons. The fraction of sp³-hybridized carbons (Fsp3) is 0.571. The van der Waals surface area contributed by atoms with E-state index in [1.165, 1.54) is 0 Å². The van der Waals surface area contributed by atoms with Crippen LogP contribution in [0.5, 0.6) is 0 Å².